The molecule has 0 aliphatic carbocycles. The molecule has 0 radical (unpaired) electrons. The Morgan fingerprint density at radius 2 is 1.88 bits per heavy atom. The third kappa shape index (κ3) is 3.05. The van der Waals surface area contributed by atoms with Crippen LogP contribution in [0.4, 0.5) is 9.18 Å². The van der Waals surface area contributed by atoms with Gasteiger partial charge in [-0.1, -0.05) is 29.8 Å². The number of methoxy groups -OCH3 is 1. The van der Waals surface area contributed by atoms with Crippen LogP contribution in [0.1, 0.15) is 18.1 Å². The molecule has 0 bridgehead atoms. The fourth-order valence-corrected chi connectivity index (χ4v) is 2.94. The summed E-state index contributed by atoms with van der Waals surface area (Å²) >= 11 is 5.88. The van der Waals surface area contributed by atoms with Crippen LogP contribution in [-0.2, 0) is 16.9 Å². The summed E-state index contributed by atoms with van der Waals surface area (Å²) in [4.78, 5) is 26.2. The van der Waals surface area contributed by atoms with Crippen LogP contribution < -0.4 is 10.1 Å². The molecule has 7 heteroatoms. The normalized spacial score (nSPS) is 19.9. The van der Waals surface area contributed by atoms with E-state index in [0.717, 1.165) is 4.90 Å². The first-order valence-electron chi connectivity index (χ1n) is 7.57. The standard InChI is InChI=1S/C18H16ClFN2O3/c1-18(12-4-6-13(19)7-5-12)16(23)22(17(24)21-18)10-11-3-8-15(25-2)14(20)9-11/h3-9H,10H2,1-2H3,(H,21,24). The molecule has 3 rings (SSSR count). The lowest BCUT2D eigenvalue weighted by Gasteiger charge is -2.22. The van der Waals surface area contributed by atoms with Crippen molar-refractivity contribution < 1.29 is 18.7 Å². The van der Waals surface area contributed by atoms with E-state index in [1.165, 1.54) is 19.2 Å². The predicted molar refractivity (Wildman–Crippen MR) is 90.8 cm³/mol. The molecule has 0 saturated carbocycles. The van der Waals surface area contributed by atoms with Crippen molar-refractivity contribution in [2.24, 2.45) is 0 Å². The van der Waals surface area contributed by atoms with Gasteiger partial charge in [-0.15, -0.1) is 0 Å². The van der Waals surface area contributed by atoms with E-state index in [4.69, 9.17) is 16.3 Å². The Morgan fingerprint density at radius 1 is 1.20 bits per heavy atom. The van der Waals surface area contributed by atoms with Crippen molar-refractivity contribution in [3.63, 3.8) is 0 Å². The SMILES string of the molecule is COc1ccc(CN2C(=O)NC(C)(c3ccc(Cl)cc3)C2=O)cc1F. The molecule has 25 heavy (non-hydrogen) atoms. The summed E-state index contributed by atoms with van der Waals surface area (Å²) in [5, 5.41) is 3.24. The molecule has 1 N–H and O–H groups in total. The van der Waals surface area contributed by atoms with Crippen LogP contribution in [0.3, 0.4) is 0 Å². The van der Waals surface area contributed by atoms with E-state index < -0.39 is 23.3 Å². The van der Waals surface area contributed by atoms with Gasteiger partial charge in [-0.3, -0.25) is 9.69 Å². The van der Waals surface area contributed by atoms with E-state index in [2.05, 4.69) is 5.32 Å². The van der Waals surface area contributed by atoms with Crippen molar-refractivity contribution in [3.8, 4) is 5.75 Å². The van der Waals surface area contributed by atoms with Gasteiger partial charge in [0.05, 0.1) is 13.7 Å². The molecule has 1 fully saturated rings. The first-order valence-corrected chi connectivity index (χ1v) is 7.95. The van der Waals surface area contributed by atoms with Gasteiger partial charge in [0.15, 0.2) is 11.6 Å². The molecule has 1 atom stereocenters. The number of carbonyl (C=O) groups excluding carboxylic acids is 2. The highest BCUT2D eigenvalue weighted by molar-refractivity contribution is 6.30. The highest BCUT2D eigenvalue weighted by atomic mass is 35.5. The molecule has 130 valence electrons. The van der Waals surface area contributed by atoms with Gasteiger partial charge in [0.1, 0.15) is 5.54 Å². The Morgan fingerprint density at radius 3 is 2.48 bits per heavy atom. The Balaban J connectivity index is 1.86. The van der Waals surface area contributed by atoms with Gasteiger partial charge in [-0.25, -0.2) is 9.18 Å². The fourth-order valence-electron chi connectivity index (χ4n) is 2.81. The number of hydrogen-bond donors (Lipinski definition) is 1. The smallest absolute Gasteiger partial charge is 0.325 e. The van der Waals surface area contributed by atoms with Gasteiger partial charge >= 0.3 is 6.03 Å². The molecule has 0 aromatic heterocycles. The molecule has 1 heterocycles. The van der Waals surface area contributed by atoms with Crippen LogP contribution in [0.2, 0.25) is 5.02 Å². The molecule has 1 unspecified atom stereocenters. The average Bonchev–Trinajstić information content (AvgIpc) is 2.80. The predicted octanol–water partition coefficient (Wildman–Crippen LogP) is 3.45. The lowest BCUT2D eigenvalue weighted by Crippen LogP contribution is -2.40. The summed E-state index contributed by atoms with van der Waals surface area (Å²) in [6.45, 7) is 1.60. The van der Waals surface area contributed by atoms with E-state index in [0.29, 0.717) is 16.1 Å². The number of carbonyl (C=O) groups is 2. The fraction of sp³-hybridized carbons (Fsp3) is 0.222. The minimum absolute atomic E-state index is 0.0330. The van der Waals surface area contributed by atoms with Crippen molar-refractivity contribution in [1.82, 2.24) is 10.2 Å². The van der Waals surface area contributed by atoms with Gasteiger partial charge < -0.3 is 10.1 Å². The number of halogens is 2. The van der Waals surface area contributed by atoms with E-state index in [-0.39, 0.29) is 12.3 Å². The molecule has 0 spiro atoms. The van der Waals surface area contributed by atoms with Crippen LogP contribution >= 0.6 is 11.6 Å². The number of ether oxygens (including phenoxy) is 1. The van der Waals surface area contributed by atoms with Crippen LogP contribution in [-0.4, -0.2) is 23.9 Å². The average molecular weight is 363 g/mol. The molecule has 3 amide bonds. The van der Waals surface area contributed by atoms with Crippen molar-refractivity contribution in [3.05, 3.63) is 64.4 Å². The molecule has 1 saturated heterocycles. The van der Waals surface area contributed by atoms with Gasteiger partial charge in [-0.2, -0.15) is 0 Å². The molecular weight excluding hydrogens is 347 g/mol. The zero-order valence-electron chi connectivity index (χ0n) is 13.7. The zero-order valence-corrected chi connectivity index (χ0v) is 14.4. The van der Waals surface area contributed by atoms with Crippen LogP contribution in [0, 0.1) is 5.82 Å². The molecule has 5 nitrogen and oxygen atoms in total. The van der Waals surface area contributed by atoms with Crippen molar-refractivity contribution in [2.45, 2.75) is 19.0 Å². The highest BCUT2D eigenvalue weighted by Crippen LogP contribution is 2.31. The van der Waals surface area contributed by atoms with Crippen molar-refractivity contribution in [1.29, 1.82) is 0 Å². The molecular formula is C18H16ClFN2O3. The summed E-state index contributed by atoms with van der Waals surface area (Å²) in [6, 6.07) is 10.5. The highest BCUT2D eigenvalue weighted by Gasteiger charge is 2.48. The second kappa shape index (κ2) is 6.37. The quantitative estimate of drug-likeness (QED) is 0.847. The summed E-state index contributed by atoms with van der Waals surface area (Å²) < 4.78 is 18.7. The number of rotatable bonds is 4. The summed E-state index contributed by atoms with van der Waals surface area (Å²) in [7, 11) is 1.37. The Labute approximate surface area is 149 Å². The van der Waals surface area contributed by atoms with Gasteiger partial charge in [-0.05, 0) is 42.3 Å². The number of nitrogens with zero attached hydrogens (tertiary/aromatic N) is 1. The number of imide groups is 1. The van der Waals surface area contributed by atoms with Gasteiger partial charge in [0.25, 0.3) is 5.91 Å². The number of benzene rings is 2. The second-order valence-corrected chi connectivity index (χ2v) is 6.36. The number of hydrogen-bond acceptors (Lipinski definition) is 3. The topological polar surface area (TPSA) is 58.6 Å². The summed E-state index contributed by atoms with van der Waals surface area (Å²) in [6.07, 6.45) is 0. The lowest BCUT2D eigenvalue weighted by molar-refractivity contribution is -0.131. The van der Waals surface area contributed by atoms with Crippen LogP contribution in [0.15, 0.2) is 42.5 Å². The van der Waals surface area contributed by atoms with E-state index in [1.54, 1.807) is 37.3 Å². The van der Waals surface area contributed by atoms with Crippen LogP contribution in [0.25, 0.3) is 0 Å². The van der Waals surface area contributed by atoms with E-state index in [1.807, 2.05) is 0 Å². The van der Waals surface area contributed by atoms with Crippen molar-refractivity contribution in [2.75, 3.05) is 7.11 Å². The maximum Gasteiger partial charge on any atom is 0.325 e. The van der Waals surface area contributed by atoms with Gasteiger partial charge in [0, 0.05) is 5.02 Å². The van der Waals surface area contributed by atoms with Crippen molar-refractivity contribution >= 4 is 23.5 Å². The lowest BCUT2D eigenvalue weighted by atomic mass is 9.92. The maximum absolute atomic E-state index is 13.8. The summed E-state index contributed by atoms with van der Waals surface area (Å²) in [5.41, 5.74) is -0.0759. The van der Waals surface area contributed by atoms with E-state index in [9.17, 15) is 14.0 Å². The first kappa shape index (κ1) is 17.2. The molecule has 1 aliphatic rings. The Kier molecular flexibility index (Phi) is 4.39. The monoisotopic (exact) mass is 362 g/mol. The molecule has 2 aromatic carbocycles. The molecule has 1 aliphatic heterocycles. The minimum Gasteiger partial charge on any atom is -0.494 e. The Bertz CT molecular complexity index is 841. The minimum atomic E-state index is -1.19. The van der Waals surface area contributed by atoms with E-state index >= 15 is 0 Å². The second-order valence-electron chi connectivity index (χ2n) is 5.92. The van der Waals surface area contributed by atoms with Crippen LogP contribution in [0.5, 0.6) is 5.75 Å². The number of nitrogens with one attached hydrogen (secondary N) is 1. The number of urea groups is 1. The molecule has 2 aromatic rings. The summed E-state index contributed by atoms with van der Waals surface area (Å²) in [5.74, 6) is -0.851. The first-order chi connectivity index (χ1) is 11.8. The zero-order chi connectivity index (χ0) is 18.2. The largest absolute Gasteiger partial charge is 0.494 e. The van der Waals surface area contributed by atoms with Gasteiger partial charge in [0.2, 0.25) is 0 Å². The third-order valence-electron chi connectivity index (χ3n) is 4.25. The Hall–Kier alpha value is -2.60. The third-order valence-corrected chi connectivity index (χ3v) is 4.51. The number of amides is 3. The maximum atomic E-state index is 13.8.